The van der Waals surface area contributed by atoms with E-state index in [1.807, 2.05) is 12.1 Å². The van der Waals surface area contributed by atoms with E-state index >= 15 is 0 Å². The molecule has 112 valence electrons. The molecule has 0 spiro atoms. The topological polar surface area (TPSA) is 32.7 Å². The van der Waals surface area contributed by atoms with Gasteiger partial charge < -0.3 is 14.7 Å². The number of hydrogen-bond acceptors (Lipinski definition) is 3. The Kier molecular flexibility index (Phi) is 5.70. The van der Waals surface area contributed by atoms with Crippen LogP contribution >= 0.6 is 23.2 Å². The van der Waals surface area contributed by atoms with Crippen molar-refractivity contribution < 1.29 is 9.84 Å². The van der Waals surface area contributed by atoms with Crippen molar-refractivity contribution in [3.05, 3.63) is 33.8 Å². The van der Waals surface area contributed by atoms with Gasteiger partial charge >= 0.3 is 0 Å². The zero-order chi connectivity index (χ0) is 14.7. The van der Waals surface area contributed by atoms with Crippen LogP contribution in [-0.2, 0) is 4.74 Å². The molecule has 0 saturated carbocycles. The number of halogens is 2. The first-order chi connectivity index (χ1) is 9.50. The lowest BCUT2D eigenvalue weighted by molar-refractivity contribution is 0.0749. The summed E-state index contributed by atoms with van der Waals surface area (Å²) in [5.41, 5.74) is 0.697. The fourth-order valence-electron chi connectivity index (χ4n) is 2.72. The third kappa shape index (κ3) is 3.66. The summed E-state index contributed by atoms with van der Waals surface area (Å²) < 4.78 is 5.57. The van der Waals surface area contributed by atoms with Crippen LogP contribution in [0.2, 0.25) is 10.0 Å². The minimum atomic E-state index is -0.596. The van der Waals surface area contributed by atoms with E-state index in [1.165, 1.54) is 0 Å². The number of likely N-dealkylation sites (N-methyl/N-ethyl adjacent to an activating group) is 1. The minimum Gasteiger partial charge on any atom is -0.388 e. The maximum Gasteiger partial charge on any atom is 0.0817 e. The Labute approximate surface area is 130 Å². The molecule has 2 rings (SSSR count). The van der Waals surface area contributed by atoms with Gasteiger partial charge in [0, 0.05) is 24.8 Å². The Bertz CT molecular complexity index is 455. The Balaban J connectivity index is 1.91. The number of hydrogen-bond donors (Lipinski definition) is 1. The highest BCUT2D eigenvalue weighted by atomic mass is 35.5. The predicted octanol–water partition coefficient (Wildman–Crippen LogP) is 3.53. The van der Waals surface area contributed by atoms with Crippen molar-refractivity contribution >= 4 is 23.2 Å². The smallest absolute Gasteiger partial charge is 0.0817 e. The molecule has 1 aromatic rings. The summed E-state index contributed by atoms with van der Waals surface area (Å²) in [7, 11) is 2.07. The van der Waals surface area contributed by atoms with Crippen LogP contribution < -0.4 is 0 Å². The number of nitrogens with zero attached hydrogens (tertiary/aromatic N) is 1. The van der Waals surface area contributed by atoms with Crippen LogP contribution in [0, 0.1) is 0 Å². The predicted molar refractivity (Wildman–Crippen MR) is 82.5 cm³/mol. The van der Waals surface area contributed by atoms with Gasteiger partial charge in [-0.2, -0.15) is 0 Å². The van der Waals surface area contributed by atoms with Gasteiger partial charge in [-0.1, -0.05) is 35.3 Å². The quantitative estimate of drug-likeness (QED) is 0.901. The van der Waals surface area contributed by atoms with Gasteiger partial charge in [0.1, 0.15) is 0 Å². The van der Waals surface area contributed by atoms with Gasteiger partial charge in [-0.3, -0.25) is 0 Å². The summed E-state index contributed by atoms with van der Waals surface area (Å²) >= 11 is 12.1. The fraction of sp³-hybridized carbons (Fsp3) is 0.600. The molecule has 20 heavy (non-hydrogen) atoms. The lowest BCUT2D eigenvalue weighted by Crippen LogP contribution is -2.37. The average Bonchev–Trinajstić information content (AvgIpc) is 2.85. The summed E-state index contributed by atoms with van der Waals surface area (Å²) in [4.78, 5) is 2.25. The van der Waals surface area contributed by atoms with Crippen molar-refractivity contribution in [3.63, 3.8) is 0 Å². The van der Waals surface area contributed by atoms with E-state index in [0.717, 1.165) is 19.6 Å². The summed E-state index contributed by atoms with van der Waals surface area (Å²) in [6, 6.07) is 5.78. The highest BCUT2D eigenvalue weighted by Crippen LogP contribution is 2.31. The molecule has 3 unspecified atom stereocenters. The van der Waals surface area contributed by atoms with Crippen molar-refractivity contribution in [2.24, 2.45) is 0 Å². The van der Waals surface area contributed by atoms with Gasteiger partial charge in [0.15, 0.2) is 0 Å². The van der Waals surface area contributed by atoms with Gasteiger partial charge in [0.05, 0.1) is 22.3 Å². The fourth-order valence-corrected chi connectivity index (χ4v) is 3.16. The maximum atomic E-state index is 10.3. The van der Waals surface area contributed by atoms with Crippen LogP contribution in [0.1, 0.15) is 31.4 Å². The largest absolute Gasteiger partial charge is 0.388 e. The van der Waals surface area contributed by atoms with E-state index in [4.69, 9.17) is 27.9 Å². The number of aliphatic hydroxyl groups is 1. The van der Waals surface area contributed by atoms with Gasteiger partial charge in [0.25, 0.3) is 0 Å². The van der Waals surface area contributed by atoms with Gasteiger partial charge in [-0.25, -0.2) is 0 Å². The monoisotopic (exact) mass is 317 g/mol. The van der Waals surface area contributed by atoms with Crippen molar-refractivity contribution in [1.29, 1.82) is 0 Å². The van der Waals surface area contributed by atoms with E-state index < -0.39 is 6.10 Å². The van der Waals surface area contributed by atoms with Crippen molar-refractivity contribution in [2.75, 3.05) is 20.2 Å². The lowest BCUT2D eigenvalue weighted by Gasteiger charge is -2.27. The van der Waals surface area contributed by atoms with E-state index in [0.29, 0.717) is 28.1 Å². The SMILES string of the molecule is CC1OCCC1N(C)CCC(O)c1cccc(Cl)c1Cl. The molecule has 0 radical (unpaired) electrons. The highest BCUT2D eigenvalue weighted by Gasteiger charge is 2.28. The van der Waals surface area contributed by atoms with Gasteiger partial charge in [0.2, 0.25) is 0 Å². The van der Waals surface area contributed by atoms with Gasteiger partial charge in [-0.05, 0) is 32.9 Å². The molecular weight excluding hydrogens is 297 g/mol. The second-order valence-electron chi connectivity index (χ2n) is 5.36. The molecule has 0 aliphatic carbocycles. The third-order valence-corrected chi connectivity index (χ3v) is 4.83. The van der Waals surface area contributed by atoms with E-state index in [-0.39, 0.29) is 6.10 Å². The van der Waals surface area contributed by atoms with Crippen LogP contribution in [0.5, 0.6) is 0 Å². The van der Waals surface area contributed by atoms with E-state index in [1.54, 1.807) is 6.07 Å². The molecule has 3 atom stereocenters. The Hall–Kier alpha value is -0.320. The first-order valence-electron chi connectivity index (χ1n) is 6.94. The normalized spacial score (nSPS) is 24.3. The van der Waals surface area contributed by atoms with E-state index in [9.17, 15) is 5.11 Å². The zero-order valence-corrected chi connectivity index (χ0v) is 13.4. The second kappa shape index (κ2) is 7.10. The van der Waals surface area contributed by atoms with Crippen molar-refractivity contribution in [1.82, 2.24) is 4.90 Å². The molecule has 0 bridgehead atoms. The molecule has 3 nitrogen and oxygen atoms in total. The molecule has 1 heterocycles. The van der Waals surface area contributed by atoms with E-state index in [2.05, 4.69) is 18.9 Å². The van der Waals surface area contributed by atoms with Crippen LogP contribution in [0.3, 0.4) is 0 Å². The van der Waals surface area contributed by atoms with Crippen LogP contribution in [-0.4, -0.2) is 42.4 Å². The molecule has 0 aromatic heterocycles. The molecule has 1 aromatic carbocycles. The van der Waals surface area contributed by atoms with Crippen molar-refractivity contribution in [2.45, 2.75) is 38.0 Å². The lowest BCUT2D eigenvalue weighted by atomic mass is 10.0. The number of rotatable bonds is 5. The molecule has 5 heteroatoms. The molecule has 0 amide bonds. The van der Waals surface area contributed by atoms with Crippen LogP contribution in [0.25, 0.3) is 0 Å². The molecule has 1 aliphatic heterocycles. The minimum absolute atomic E-state index is 0.256. The summed E-state index contributed by atoms with van der Waals surface area (Å²) in [6.07, 6.45) is 1.33. The Morgan fingerprint density at radius 2 is 2.20 bits per heavy atom. The summed E-state index contributed by atoms with van der Waals surface area (Å²) in [5, 5.41) is 11.2. The Morgan fingerprint density at radius 3 is 2.85 bits per heavy atom. The zero-order valence-electron chi connectivity index (χ0n) is 11.9. The molecule has 1 N–H and O–H groups in total. The van der Waals surface area contributed by atoms with Crippen LogP contribution in [0.15, 0.2) is 18.2 Å². The standard InChI is InChI=1S/C15H21Cl2NO2/c1-10-13(7-9-20-10)18(2)8-6-14(19)11-4-3-5-12(16)15(11)17/h3-5,10,13-14,19H,6-9H2,1-2H3. The molecule has 1 fully saturated rings. The molecule has 1 saturated heterocycles. The van der Waals surface area contributed by atoms with Gasteiger partial charge in [-0.15, -0.1) is 0 Å². The third-order valence-electron chi connectivity index (χ3n) is 4.00. The average molecular weight is 318 g/mol. The number of ether oxygens (including phenoxy) is 1. The number of benzene rings is 1. The summed E-state index contributed by atoms with van der Waals surface area (Å²) in [5.74, 6) is 0. The molecular formula is C15H21Cl2NO2. The first kappa shape index (κ1) is 16.1. The van der Waals surface area contributed by atoms with Crippen molar-refractivity contribution in [3.8, 4) is 0 Å². The highest BCUT2D eigenvalue weighted by molar-refractivity contribution is 6.42. The maximum absolute atomic E-state index is 10.3. The number of aliphatic hydroxyl groups excluding tert-OH is 1. The molecule has 1 aliphatic rings. The summed E-state index contributed by atoms with van der Waals surface area (Å²) in [6.45, 7) is 3.71. The second-order valence-corrected chi connectivity index (χ2v) is 6.15. The Morgan fingerprint density at radius 1 is 1.45 bits per heavy atom. The van der Waals surface area contributed by atoms with Crippen LogP contribution in [0.4, 0.5) is 0 Å². The first-order valence-corrected chi connectivity index (χ1v) is 7.70.